The van der Waals surface area contributed by atoms with Gasteiger partial charge in [-0.25, -0.2) is 0 Å². The first-order valence-electron chi connectivity index (χ1n) is 8.54. The zero-order valence-electron chi connectivity index (χ0n) is 14.3. The summed E-state index contributed by atoms with van der Waals surface area (Å²) in [5.74, 6) is 0.459. The van der Waals surface area contributed by atoms with Crippen LogP contribution in [0.15, 0.2) is 66.7 Å². The number of rotatable bonds is 5. The fraction of sp³-hybridized carbons (Fsp3) is 0.227. The zero-order chi connectivity index (χ0) is 16.9. The van der Waals surface area contributed by atoms with Crippen LogP contribution in [0.1, 0.15) is 37.3 Å². The lowest BCUT2D eigenvalue weighted by molar-refractivity contribution is -0.115. The van der Waals surface area contributed by atoms with Crippen LogP contribution in [-0.2, 0) is 11.2 Å². The first-order chi connectivity index (χ1) is 11.7. The number of carbonyl (C=O) groups is 1. The summed E-state index contributed by atoms with van der Waals surface area (Å²) in [6.07, 6.45) is 1.44. The Hall–Kier alpha value is -2.61. The van der Waals surface area contributed by atoms with Crippen molar-refractivity contribution in [2.45, 2.75) is 32.6 Å². The minimum absolute atomic E-state index is 0.0297. The van der Waals surface area contributed by atoms with E-state index in [1.165, 1.54) is 10.9 Å². The minimum atomic E-state index is 0.0297. The van der Waals surface area contributed by atoms with Gasteiger partial charge in [0, 0.05) is 5.69 Å². The molecule has 3 aromatic rings. The second kappa shape index (κ2) is 7.31. The lowest BCUT2D eigenvalue weighted by Gasteiger charge is -2.16. The fourth-order valence-electron chi connectivity index (χ4n) is 3.07. The summed E-state index contributed by atoms with van der Waals surface area (Å²) in [6.45, 7) is 4.36. The lowest BCUT2D eigenvalue weighted by Crippen LogP contribution is -2.16. The number of carbonyl (C=O) groups excluding carboxylic acids is 1. The molecule has 24 heavy (non-hydrogen) atoms. The third kappa shape index (κ3) is 3.48. The molecule has 0 spiro atoms. The molecule has 3 rings (SSSR count). The molecule has 0 aliphatic carbocycles. The van der Waals surface area contributed by atoms with E-state index in [2.05, 4.69) is 43.4 Å². The highest BCUT2D eigenvalue weighted by Crippen LogP contribution is 2.27. The number of benzene rings is 3. The summed E-state index contributed by atoms with van der Waals surface area (Å²) >= 11 is 0. The summed E-state index contributed by atoms with van der Waals surface area (Å²) in [5, 5.41) is 5.41. The molecule has 1 atom stereocenters. The Kier molecular flexibility index (Phi) is 4.95. The van der Waals surface area contributed by atoms with Gasteiger partial charge in [-0.05, 0) is 40.3 Å². The van der Waals surface area contributed by atoms with Crippen LogP contribution in [0.4, 0.5) is 5.69 Å². The predicted molar refractivity (Wildman–Crippen MR) is 101 cm³/mol. The van der Waals surface area contributed by atoms with Gasteiger partial charge in [-0.1, -0.05) is 74.5 Å². The quantitative estimate of drug-likeness (QED) is 0.658. The third-order valence-electron chi connectivity index (χ3n) is 4.61. The summed E-state index contributed by atoms with van der Waals surface area (Å²) in [7, 11) is 0. The highest BCUT2D eigenvalue weighted by molar-refractivity contribution is 5.96. The first kappa shape index (κ1) is 16.3. The molecule has 0 unspecified atom stereocenters. The van der Waals surface area contributed by atoms with Crippen molar-refractivity contribution in [3.63, 3.8) is 0 Å². The number of hydrogen-bond donors (Lipinski definition) is 1. The smallest absolute Gasteiger partial charge is 0.228 e. The molecule has 0 bridgehead atoms. The maximum atomic E-state index is 12.6. The molecule has 1 amide bonds. The molecule has 2 heteroatoms. The number of anilines is 1. The molecule has 0 saturated carbocycles. The monoisotopic (exact) mass is 317 g/mol. The van der Waals surface area contributed by atoms with Gasteiger partial charge in [0.15, 0.2) is 0 Å². The Morgan fingerprint density at radius 2 is 1.67 bits per heavy atom. The van der Waals surface area contributed by atoms with Crippen LogP contribution in [0.2, 0.25) is 0 Å². The van der Waals surface area contributed by atoms with E-state index in [0.29, 0.717) is 12.3 Å². The van der Waals surface area contributed by atoms with Crippen molar-refractivity contribution in [2.24, 2.45) is 0 Å². The number of hydrogen-bond acceptors (Lipinski definition) is 1. The molecular formula is C22H23NO. The lowest BCUT2D eigenvalue weighted by atomic mass is 9.96. The molecule has 0 aromatic heterocycles. The molecule has 0 aliphatic heterocycles. The van der Waals surface area contributed by atoms with Crippen LogP contribution in [0.3, 0.4) is 0 Å². The predicted octanol–water partition coefficient (Wildman–Crippen LogP) is 5.53. The summed E-state index contributed by atoms with van der Waals surface area (Å²) in [6, 6.07) is 22.4. The maximum Gasteiger partial charge on any atom is 0.228 e. The SMILES string of the molecule is CC[C@H](C)c1ccccc1NC(=O)Cc1cccc2ccccc12. The summed E-state index contributed by atoms with van der Waals surface area (Å²) < 4.78 is 0. The normalized spacial score (nSPS) is 12.1. The highest BCUT2D eigenvalue weighted by Gasteiger charge is 2.12. The second-order valence-electron chi connectivity index (χ2n) is 6.26. The van der Waals surface area contributed by atoms with Gasteiger partial charge >= 0.3 is 0 Å². The van der Waals surface area contributed by atoms with Crippen LogP contribution < -0.4 is 5.32 Å². The van der Waals surface area contributed by atoms with E-state index in [-0.39, 0.29) is 5.91 Å². The molecule has 0 fully saturated rings. The summed E-state index contributed by atoms with van der Waals surface area (Å²) in [4.78, 5) is 12.6. The largest absolute Gasteiger partial charge is 0.326 e. The Balaban J connectivity index is 1.81. The van der Waals surface area contributed by atoms with Crippen molar-refractivity contribution in [1.29, 1.82) is 0 Å². The maximum absolute atomic E-state index is 12.6. The summed E-state index contributed by atoms with van der Waals surface area (Å²) in [5.41, 5.74) is 3.19. The van der Waals surface area contributed by atoms with E-state index >= 15 is 0 Å². The van der Waals surface area contributed by atoms with Crippen LogP contribution >= 0.6 is 0 Å². The Labute approximate surface area is 143 Å². The minimum Gasteiger partial charge on any atom is -0.326 e. The Bertz CT molecular complexity index is 848. The van der Waals surface area contributed by atoms with E-state index in [0.717, 1.165) is 23.1 Å². The van der Waals surface area contributed by atoms with Gasteiger partial charge < -0.3 is 5.32 Å². The topological polar surface area (TPSA) is 29.1 Å². The van der Waals surface area contributed by atoms with E-state index in [1.54, 1.807) is 0 Å². The van der Waals surface area contributed by atoms with E-state index in [4.69, 9.17) is 0 Å². The van der Waals surface area contributed by atoms with Crippen molar-refractivity contribution in [1.82, 2.24) is 0 Å². The standard InChI is InChI=1S/C22H23NO/c1-3-16(2)19-12-6-7-14-21(19)23-22(24)15-18-11-8-10-17-9-4-5-13-20(17)18/h4-14,16H,3,15H2,1-2H3,(H,23,24)/t16-/m0/s1. The van der Waals surface area contributed by atoms with Crippen molar-refractivity contribution in [2.75, 3.05) is 5.32 Å². The van der Waals surface area contributed by atoms with Gasteiger partial charge in [0.2, 0.25) is 5.91 Å². The van der Waals surface area contributed by atoms with Crippen LogP contribution in [0.5, 0.6) is 0 Å². The fourth-order valence-corrected chi connectivity index (χ4v) is 3.07. The van der Waals surface area contributed by atoms with Crippen molar-refractivity contribution < 1.29 is 4.79 Å². The van der Waals surface area contributed by atoms with Gasteiger partial charge in [-0.3, -0.25) is 4.79 Å². The van der Waals surface area contributed by atoms with Crippen LogP contribution in [0, 0.1) is 0 Å². The average Bonchev–Trinajstić information content (AvgIpc) is 2.62. The van der Waals surface area contributed by atoms with Gasteiger partial charge in [-0.15, -0.1) is 0 Å². The highest BCUT2D eigenvalue weighted by atomic mass is 16.1. The molecule has 0 heterocycles. The van der Waals surface area contributed by atoms with E-state index in [1.807, 2.05) is 42.5 Å². The molecule has 0 radical (unpaired) electrons. The van der Waals surface area contributed by atoms with Gasteiger partial charge in [-0.2, -0.15) is 0 Å². The van der Waals surface area contributed by atoms with Crippen molar-refractivity contribution in [3.05, 3.63) is 77.9 Å². The van der Waals surface area contributed by atoms with E-state index < -0.39 is 0 Å². The zero-order valence-corrected chi connectivity index (χ0v) is 14.3. The number of nitrogens with one attached hydrogen (secondary N) is 1. The van der Waals surface area contributed by atoms with Crippen LogP contribution in [-0.4, -0.2) is 5.91 Å². The Morgan fingerprint density at radius 3 is 2.50 bits per heavy atom. The van der Waals surface area contributed by atoms with Gasteiger partial charge in [0.25, 0.3) is 0 Å². The van der Waals surface area contributed by atoms with Crippen molar-refractivity contribution in [3.8, 4) is 0 Å². The average molecular weight is 317 g/mol. The molecule has 2 nitrogen and oxygen atoms in total. The second-order valence-corrected chi connectivity index (χ2v) is 6.26. The molecule has 0 saturated heterocycles. The molecular weight excluding hydrogens is 294 g/mol. The van der Waals surface area contributed by atoms with E-state index in [9.17, 15) is 4.79 Å². The van der Waals surface area contributed by atoms with Crippen LogP contribution in [0.25, 0.3) is 10.8 Å². The number of para-hydroxylation sites is 1. The van der Waals surface area contributed by atoms with Crippen molar-refractivity contribution >= 4 is 22.4 Å². The molecule has 0 aliphatic rings. The molecule has 122 valence electrons. The first-order valence-corrected chi connectivity index (χ1v) is 8.54. The molecule has 3 aromatic carbocycles. The Morgan fingerprint density at radius 1 is 0.958 bits per heavy atom. The number of amides is 1. The number of fused-ring (bicyclic) bond motifs is 1. The van der Waals surface area contributed by atoms with Gasteiger partial charge in [0.05, 0.1) is 6.42 Å². The van der Waals surface area contributed by atoms with Gasteiger partial charge in [0.1, 0.15) is 0 Å². The molecule has 1 N–H and O–H groups in total. The third-order valence-corrected chi connectivity index (χ3v) is 4.61.